The van der Waals surface area contributed by atoms with Crippen LogP contribution in [0, 0.1) is 5.92 Å². The van der Waals surface area contributed by atoms with Crippen LogP contribution >= 0.6 is 0 Å². The maximum Gasteiger partial charge on any atom is 0.121 e. The number of hydrogen-bond acceptors (Lipinski definition) is 3. The van der Waals surface area contributed by atoms with Crippen LogP contribution in [0.2, 0.25) is 0 Å². The normalized spacial score (nSPS) is 31.6. The molecule has 3 nitrogen and oxygen atoms in total. The molecule has 19 heavy (non-hydrogen) atoms. The van der Waals surface area contributed by atoms with E-state index >= 15 is 0 Å². The number of nitrogens with one attached hydrogen (secondary N) is 1. The lowest BCUT2D eigenvalue weighted by molar-refractivity contribution is 0.373. The highest BCUT2D eigenvalue weighted by atomic mass is 15.2. The molecule has 2 aliphatic rings. The second-order valence-electron chi connectivity index (χ2n) is 6.24. The minimum atomic E-state index is 0.559. The molecule has 1 aliphatic heterocycles. The first-order chi connectivity index (χ1) is 9.16. The molecule has 108 valence electrons. The van der Waals surface area contributed by atoms with Crippen LogP contribution in [0.5, 0.6) is 0 Å². The molecule has 0 unspecified atom stereocenters. The standard InChI is InChI=1S/C16H29N3/c1-13-7-3-5-9-14(10-6-4-8-13)18-16(17)15-11-12-19(15)2/h11-14,18H,3-10,17H2,1-2H3/b16-15-. The van der Waals surface area contributed by atoms with E-state index in [-0.39, 0.29) is 0 Å². The first kappa shape index (κ1) is 14.3. The van der Waals surface area contributed by atoms with Crippen LogP contribution in [0.25, 0.3) is 0 Å². The molecule has 0 amide bonds. The molecule has 1 saturated carbocycles. The van der Waals surface area contributed by atoms with Gasteiger partial charge in [0.15, 0.2) is 0 Å². The summed E-state index contributed by atoms with van der Waals surface area (Å²) in [6.07, 6.45) is 14.8. The quantitative estimate of drug-likeness (QED) is 0.803. The molecule has 3 heteroatoms. The molecule has 0 aromatic heterocycles. The number of allylic oxidation sites excluding steroid dienone is 1. The Morgan fingerprint density at radius 2 is 1.74 bits per heavy atom. The van der Waals surface area contributed by atoms with Crippen molar-refractivity contribution in [3.05, 3.63) is 23.8 Å². The lowest BCUT2D eigenvalue weighted by atomic mass is 9.92. The molecule has 1 heterocycles. The molecular weight excluding hydrogens is 234 g/mol. The number of nitrogens with two attached hydrogens (primary N) is 1. The van der Waals surface area contributed by atoms with Gasteiger partial charge >= 0.3 is 0 Å². The van der Waals surface area contributed by atoms with Gasteiger partial charge in [-0.05, 0) is 24.8 Å². The SMILES string of the molecule is CC1CCCCC(N/C(N)=C2/C=CN2C)CCCC1. The number of hydrogen-bond donors (Lipinski definition) is 2. The van der Waals surface area contributed by atoms with Crippen LogP contribution in [0.15, 0.2) is 23.8 Å². The summed E-state index contributed by atoms with van der Waals surface area (Å²) in [6.45, 7) is 2.40. The van der Waals surface area contributed by atoms with Crippen LogP contribution < -0.4 is 11.1 Å². The second-order valence-corrected chi connectivity index (χ2v) is 6.24. The Kier molecular flexibility index (Phi) is 5.17. The van der Waals surface area contributed by atoms with Gasteiger partial charge in [0.1, 0.15) is 5.82 Å². The largest absolute Gasteiger partial charge is 0.384 e. The average Bonchev–Trinajstić information content (AvgIpc) is 2.37. The van der Waals surface area contributed by atoms with Gasteiger partial charge in [-0.2, -0.15) is 0 Å². The number of rotatable bonds is 2. The van der Waals surface area contributed by atoms with Crippen LogP contribution in [-0.2, 0) is 0 Å². The van der Waals surface area contributed by atoms with Crippen molar-refractivity contribution in [1.29, 1.82) is 0 Å². The fourth-order valence-corrected chi connectivity index (χ4v) is 3.07. The second kappa shape index (κ2) is 6.88. The van der Waals surface area contributed by atoms with Crippen LogP contribution in [0.3, 0.4) is 0 Å². The van der Waals surface area contributed by atoms with Gasteiger partial charge in [-0.15, -0.1) is 0 Å². The lowest BCUT2D eigenvalue weighted by Gasteiger charge is -2.29. The molecule has 1 aliphatic carbocycles. The van der Waals surface area contributed by atoms with E-state index < -0.39 is 0 Å². The van der Waals surface area contributed by atoms with Gasteiger partial charge in [-0.3, -0.25) is 0 Å². The highest BCUT2D eigenvalue weighted by Crippen LogP contribution is 2.22. The Labute approximate surface area is 117 Å². The van der Waals surface area contributed by atoms with Crippen molar-refractivity contribution in [2.45, 2.75) is 64.3 Å². The van der Waals surface area contributed by atoms with E-state index in [0.29, 0.717) is 6.04 Å². The fraction of sp³-hybridized carbons (Fsp3) is 0.750. The third-order valence-corrected chi connectivity index (χ3v) is 4.47. The predicted molar refractivity (Wildman–Crippen MR) is 81.1 cm³/mol. The number of nitrogens with zero attached hydrogens (tertiary/aromatic N) is 1. The maximum absolute atomic E-state index is 6.16. The minimum Gasteiger partial charge on any atom is -0.384 e. The third-order valence-electron chi connectivity index (χ3n) is 4.47. The van der Waals surface area contributed by atoms with Crippen molar-refractivity contribution in [1.82, 2.24) is 10.2 Å². The molecule has 0 atom stereocenters. The summed E-state index contributed by atoms with van der Waals surface area (Å²) in [7, 11) is 2.04. The van der Waals surface area contributed by atoms with Crippen molar-refractivity contribution in [2.75, 3.05) is 7.05 Å². The maximum atomic E-state index is 6.16. The van der Waals surface area contributed by atoms with Gasteiger partial charge < -0.3 is 16.0 Å². The Morgan fingerprint density at radius 1 is 1.16 bits per heavy atom. The molecule has 0 saturated heterocycles. The van der Waals surface area contributed by atoms with E-state index in [1.54, 1.807) is 0 Å². The summed E-state index contributed by atoms with van der Waals surface area (Å²) in [5.74, 6) is 1.77. The Bertz CT molecular complexity index is 334. The minimum absolute atomic E-state index is 0.559. The predicted octanol–water partition coefficient (Wildman–Crippen LogP) is 3.30. The lowest BCUT2D eigenvalue weighted by Crippen LogP contribution is -2.36. The van der Waals surface area contributed by atoms with Crippen LogP contribution in [0.1, 0.15) is 58.3 Å². The van der Waals surface area contributed by atoms with E-state index in [9.17, 15) is 0 Å². The Hall–Kier alpha value is -1.12. The van der Waals surface area contributed by atoms with E-state index in [1.165, 1.54) is 51.4 Å². The highest BCUT2D eigenvalue weighted by Gasteiger charge is 2.16. The summed E-state index contributed by atoms with van der Waals surface area (Å²) < 4.78 is 0. The summed E-state index contributed by atoms with van der Waals surface area (Å²) in [6, 6.07) is 0.559. The van der Waals surface area contributed by atoms with Gasteiger partial charge in [-0.25, -0.2) is 0 Å². The molecule has 0 aromatic carbocycles. The Morgan fingerprint density at radius 3 is 2.21 bits per heavy atom. The van der Waals surface area contributed by atoms with Crippen molar-refractivity contribution in [2.24, 2.45) is 11.7 Å². The first-order valence-electron chi connectivity index (χ1n) is 7.84. The molecule has 3 N–H and O–H groups in total. The molecule has 0 bridgehead atoms. The van der Waals surface area contributed by atoms with Crippen LogP contribution in [0.4, 0.5) is 0 Å². The van der Waals surface area contributed by atoms with Crippen molar-refractivity contribution in [3.8, 4) is 0 Å². The van der Waals surface area contributed by atoms with Crippen molar-refractivity contribution < 1.29 is 0 Å². The monoisotopic (exact) mass is 263 g/mol. The topological polar surface area (TPSA) is 41.3 Å². The molecule has 0 spiro atoms. The average molecular weight is 263 g/mol. The van der Waals surface area contributed by atoms with E-state index in [0.717, 1.165) is 17.4 Å². The molecule has 0 aromatic rings. The van der Waals surface area contributed by atoms with Crippen molar-refractivity contribution >= 4 is 0 Å². The highest BCUT2D eigenvalue weighted by molar-refractivity contribution is 5.31. The Balaban J connectivity index is 1.84. The summed E-state index contributed by atoms with van der Waals surface area (Å²) in [5, 5.41) is 3.54. The molecule has 1 fully saturated rings. The van der Waals surface area contributed by atoms with E-state index in [2.05, 4.69) is 23.2 Å². The third kappa shape index (κ3) is 4.19. The molecule has 2 rings (SSSR count). The summed E-state index contributed by atoms with van der Waals surface area (Å²) in [5.41, 5.74) is 7.29. The van der Waals surface area contributed by atoms with Crippen molar-refractivity contribution in [3.63, 3.8) is 0 Å². The first-order valence-corrected chi connectivity index (χ1v) is 7.84. The summed E-state index contributed by atoms with van der Waals surface area (Å²) in [4.78, 5) is 2.07. The van der Waals surface area contributed by atoms with Crippen LogP contribution in [-0.4, -0.2) is 18.0 Å². The smallest absolute Gasteiger partial charge is 0.121 e. The number of likely N-dealkylation sites (N-methyl/N-ethyl adjacent to an activating group) is 1. The van der Waals surface area contributed by atoms with E-state index in [4.69, 9.17) is 5.73 Å². The zero-order valence-corrected chi connectivity index (χ0v) is 12.5. The zero-order valence-electron chi connectivity index (χ0n) is 12.5. The molecule has 0 radical (unpaired) electrons. The van der Waals surface area contributed by atoms with Gasteiger partial charge in [-0.1, -0.05) is 45.4 Å². The fourth-order valence-electron chi connectivity index (χ4n) is 3.07. The van der Waals surface area contributed by atoms with Gasteiger partial charge in [0.25, 0.3) is 0 Å². The van der Waals surface area contributed by atoms with Gasteiger partial charge in [0.2, 0.25) is 0 Å². The van der Waals surface area contributed by atoms with Gasteiger partial charge in [0, 0.05) is 19.3 Å². The zero-order chi connectivity index (χ0) is 13.7. The molecular formula is C16H29N3. The summed E-state index contributed by atoms with van der Waals surface area (Å²) >= 11 is 0. The van der Waals surface area contributed by atoms with Gasteiger partial charge in [0.05, 0.1) is 5.70 Å². The van der Waals surface area contributed by atoms with E-state index in [1.807, 2.05) is 13.2 Å².